The van der Waals surface area contributed by atoms with E-state index in [4.69, 9.17) is 21.1 Å². The zero-order chi connectivity index (χ0) is 23.3. The predicted octanol–water partition coefficient (Wildman–Crippen LogP) is 6.20. The van der Waals surface area contributed by atoms with Crippen LogP contribution in [-0.4, -0.2) is 44.3 Å². The first-order valence-electron chi connectivity index (χ1n) is 12.4. The summed E-state index contributed by atoms with van der Waals surface area (Å²) >= 11 is 6.06. The Morgan fingerprint density at radius 1 is 1.15 bits per heavy atom. The first-order valence-corrected chi connectivity index (χ1v) is 12.8. The average molecular weight is 477 g/mol. The predicted molar refractivity (Wildman–Crippen MR) is 140 cm³/mol. The maximum Gasteiger partial charge on any atom is 0.128 e. The van der Waals surface area contributed by atoms with E-state index in [1.54, 1.807) is 0 Å². The number of nitrogens with zero attached hydrogens (tertiary/aromatic N) is 1. The number of nitrogens with one attached hydrogen (secondary N) is 1. The van der Waals surface area contributed by atoms with Gasteiger partial charge in [-0.05, 0) is 86.7 Å². The Hall–Kier alpha value is -2.69. The van der Waals surface area contributed by atoms with Gasteiger partial charge in [0, 0.05) is 29.2 Å². The number of benzene rings is 2. The quantitative estimate of drug-likeness (QED) is 0.538. The molecule has 5 rings (SSSR count). The van der Waals surface area contributed by atoms with Crippen LogP contribution in [0.1, 0.15) is 43.2 Å². The van der Waals surface area contributed by atoms with E-state index < -0.39 is 0 Å². The van der Waals surface area contributed by atoms with E-state index in [1.165, 1.54) is 29.6 Å². The van der Waals surface area contributed by atoms with Gasteiger partial charge in [-0.3, -0.25) is 0 Å². The smallest absolute Gasteiger partial charge is 0.128 e. The molecule has 4 nitrogen and oxygen atoms in total. The molecule has 3 aliphatic heterocycles. The molecule has 0 amide bonds. The van der Waals surface area contributed by atoms with Crippen LogP contribution in [-0.2, 0) is 0 Å². The van der Waals surface area contributed by atoms with Crippen LogP contribution in [0.4, 0.5) is 0 Å². The second kappa shape index (κ2) is 10.7. The van der Waals surface area contributed by atoms with Gasteiger partial charge in [-0.2, -0.15) is 0 Å². The lowest BCUT2D eigenvalue weighted by Gasteiger charge is -2.32. The minimum absolute atomic E-state index is 0.566. The molecule has 0 saturated carbocycles. The Morgan fingerprint density at radius 3 is 2.76 bits per heavy atom. The number of halogens is 1. The summed E-state index contributed by atoms with van der Waals surface area (Å²) in [7, 11) is 0. The minimum Gasteiger partial charge on any atom is -0.494 e. The van der Waals surface area contributed by atoms with Gasteiger partial charge < -0.3 is 19.7 Å². The first kappa shape index (κ1) is 23.1. The lowest BCUT2D eigenvalue weighted by Crippen LogP contribution is -2.33. The normalized spacial score (nSPS) is 19.8. The molecule has 5 heteroatoms. The van der Waals surface area contributed by atoms with Crippen molar-refractivity contribution in [3.8, 4) is 11.5 Å². The molecule has 0 unspecified atom stereocenters. The van der Waals surface area contributed by atoms with E-state index in [1.807, 2.05) is 31.2 Å². The average Bonchev–Trinajstić information content (AvgIpc) is 3.02. The van der Waals surface area contributed by atoms with Crippen LogP contribution in [0.25, 0.3) is 5.57 Å². The number of allylic oxidation sites excluding steroid dienone is 3. The summed E-state index contributed by atoms with van der Waals surface area (Å²) in [4.78, 5) is 2.60. The highest BCUT2D eigenvalue weighted by Crippen LogP contribution is 2.39. The summed E-state index contributed by atoms with van der Waals surface area (Å²) in [5, 5.41) is 4.32. The van der Waals surface area contributed by atoms with Gasteiger partial charge in [0.15, 0.2) is 0 Å². The van der Waals surface area contributed by atoms with Crippen molar-refractivity contribution >= 4 is 17.2 Å². The molecule has 178 valence electrons. The molecule has 0 spiro atoms. The van der Waals surface area contributed by atoms with E-state index in [9.17, 15) is 0 Å². The van der Waals surface area contributed by atoms with Crippen molar-refractivity contribution in [1.82, 2.24) is 10.2 Å². The molecule has 34 heavy (non-hydrogen) atoms. The fraction of sp³-hybridized carbons (Fsp3) is 0.379. The van der Waals surface area contributed by atoms with Crippen LogP contribution in [0.15, 0.2) is 72.0 Å². The van der Waals surface area contributed by atoms with Crippen LogP contribution in [0.3, 0.4) is 0 Å². The molecule has 0 atom stereocenters. The van der Waals surface area contributed by atoms with Crippen molar-refractivity contribution in [3.63, 3.8) is 0 Å². The van der Waals surface area contributed by atoms with Crippen LogP contribution >= 0.6 is 11.6 Å². The number of hydrogen-bond acceptors (Lipinski definition) is 4. The van der Waals surface area contributed by atoms with E-state index in [2.05, 4.69) is 46.6 Å². The second-order valence-corrected chi connectivity index (χ2v) is 9.57. The topological polar surface area (TPSA) is 33.7 Å². The fourth-order valence-electron chi connectivity index (χ4n) is 5.17. The summed E-state index contributed by atoms with van der Waals surface area (Å²) in [5.74, 6) is 2.45. The summed E-state index contributed by atoms with van der Waals surface area (Å²) in [5.41, 5.74) is 6.17. The Bertz CT molecular complexity index is 1100. The Labute approximate surface area is 207 Å². The minimum atomic E-state index is 0.566. The van der Waals surface area contributed by atoms with Crippen LogP contribution in [0.2, 0.25) is 5.02 Å². The monoisotopic (exact) mass is 476 g/mol. The van der Waals surface area contributed by atoms with Gasteiger partial charge in [0.25, 0.3) is 0 Å². The molecule has 0 radical (unpaired) electrons. The van der Waals surface area contributed by atoms with Gasteiger partial charge in [-0.15, -0.1) is 0 Å². The van der Waals surface area contributed by atoms with Crippen LogP contribution in [0.5, 0.6) is 11.5 Å². The third-order valence-electron chi connectivity index (χ3n) is 6.98. The number of hydrogen-bond donors (Lipinski definition) is 1. The molecule has 0 aromatic heterocycles. The Kier molecular flexibility index (Phi) is 7.27. The summed E-state index contributed by atoms with van der Waals surface area (Å²) in [6.07, 6.45) is 10.2. The molecule has 0 aliphatic carbocycles. The summed E-state index contributed by atoms with van der Waals surface area (Å²) < 4.78 is 12.0. The number of piperidine rings is 1. The van der Waals surface area contributed by atoms with Gasteiger partial charge in [0.2, 0.25) is 0 Å². The molecule has 0 bridgehead atoms. The molecule has 3 aliphatic rings. The maximum atomic E-state index is 6.17. The van der Waals surface area contributed by atoms with Crippen molar-refractivity contribution in [3.05, 3.63) is 88.1 Å². The molecule has 1 saturated heterocycles. The number of fused-ring (bicyclic) bond motifs is 1. The lowest BCUT2D eigenvalue weighted by molar-refractivity contribution is 0.216. The first-order chi connectivity index (χ1) is 16.7. The Balaban J connectivity index is 1.29. The fourth-order valence-corrected chi connectivity index (χ4v) is 5.29. The largest absolute Gasteiger partial charge is 0.494 e. The SMILES string of the molecule is CCOc1ccc2c(c1)C(=CCCN1CCC(c3ccc(Cl)cc3)CC1)C1=C(CO2)NCC=C1. The molecule has 2 aromatic carbocycles. The molecule has 3 heterocycles. The third kappa shape index (κ3) is 5.18. The van der Waals surface area contributed by atoms with Gasteiger partial charge in [0.1, 0.15) is 18.1 Å². The molecule has 1 N–H and O–H groups in total. The van der Waals surface area contributed by atoms with E-state index >= 15 is 0 Å². The van der Waals surface area contributed by atoms with Crippen molar-refractivity contribution in [2.24, 2.45) is 0 Å². The number of dihydropyridines is 1. The van der Waals surface area contributed by atoms with Crippen molar-refractivity contribution in [2.75, 3.05) is 39.4 Å². The standard InChI is InChI=1S/C29H33ClN2O2/c1-2-33-24-11-12-29-27(19-24)25(26-5-3-15-31-28(26)20-34-29)6-4-16-32-17-13-22(14-18-32)21-7-9-23(30)10-8-21/h3,5-12,19,22,31H,2,4,13-18,20H2,1H3. The van der Waals surface area contributed by atoms with Gasteiger partial charge in [0.05, 0.1) is 12.3 Å². The van der Waals surface area contributed by atoms with E-state index in [0.717, 1.165) is 60.4 Å². The number of ether oxygens (including phenoxy) is 2. The van der Waals surface area contributed by atoms with E-state index in [-0.39, 0.29) is 0 Å². The van der Waals surface area contributed by atoms with Crippen LogP contribution < -0.4 is 14.8 Å². The molecular weight excluding hydrogens is 444 g/mol. The highest BCUT2D eigenvalue weighted by atomic mass is 35.5. The Morgan fingerprint density at radius 2 is 1.97 bits per heavy atom. The van der Waals surface area contributed by atoms with Crippen LogP contribution in [0, 0.1) is 0 Å². The highest BCUT2D eigenvalue weighted by Gasteiger charge is 2.23. The summed E-state index contributed by atoms with van der Waals surface area (Å²) in [6.45, 7) is 7.43. The third-order valence-corrected chi connectivity index (χ3v) is 7.23. The zero-order valence-electron chi connectivity index (χ0n) is 19.9. The molecule has 2 aromatic rings. The zero-order valence-corrected chi connectivity index (χ0v) is 20.6. The highest BCUT2D eigenvalue weighted by molar-refractivity contribution is 6.30. The number of likely N-dealkylation sites (tertiary alicyclic amines) is 1. The molecular formula is C29H33ClN2O2. The van der Waals surface area contributed by atoms with Gasteiger partial charge in [-0.1, -0.05) is 42.0 Å². The molecule has 1 fully saturated rings. The van der Waals surface area contributed by atoms with Crippen molar-refractivity contribution in [2.45, 2.75) is 32.1 Å². The van der Waals surface area contributed by atoms with Gasteiger partial charge in [-0.25, -0.2) is 0 Å². The van der Waals surface area contributed by atoms with E-state index in [0.29, 0.717) is 19.1 Å². The van der Waals surface area contributed by atoms with Crippen molar-refractivity contribution < 1.29 is 9.47 Å². The number of rotatable bonds is 6. The van der Waals surface area contributed by atoms with Gasteiger partial charge >= 0.3 is 0 Å². The lowest BCUT2D eigenvalue weighted by atomic mass is 9.89. The maximum absolute atomic E-state index is 6.17. The summed E-state index contributed by atoms with van der Waals surface area (Å²) in [6, 6.07) is 14.6. The van der Waals surface area contributed by atoms with Crippen molar-refractivity contribution in [1.29, 1.82) is 0 Å². The second-order valence-electron chi connectivity index (χ2n) is 9.13.